The molecule has 0 spiro atoms. The molecule has 1 aliphatic rings. The smallest absolute Gasteiger partial charge is 0.238 e. The van der Waals surface area contributed by atoms with Crippen LogP contribution in [0.15, 0.2) is 48.5 Å². The lowest BCUT2D eigenvalue weighted by molar-refractivity contribution is -0.123. The second kappa shape index (κ2) is 8.77. The third-order valence-electron chi connectivity index (χ3n) is 4.64. The molecule has 1 unspecified atom stereocenters. The van der Waals surface area contributed by atoms with Gasteiger partial charge in [-0.1, -0.05) is 30.3 Å². The third kappa shape index (κ3) is 5.37. The zero-order chi connectivity index (χ0) is 19.2. The summed E-state index contributed by atoms with van der Waals surface area (Å²) in [6, 6.07) is 13.9. The molecule has 1 atom stereocenters. The first-order valence-corrected chi connectivity index (χ1v) is 9.12. The van der Waals surface area contributed by atoms with Crippen LogP contribution in [0.2, 0.25) is 0 Å². The summed E-state index contributed by atoms with van der Waals surface area (Å²) in [5.41, 5.74) is 2.87. The first-order chi connectivity index (χ1) is 13.0. The average Bonchev–Trinajstić information content (AvgIpc) is 2.61. The molecule has 0 heterocycles. The Kier molecular flexibility index (Phi) is 6.19. The molecule has 0 bridgehead atoms. The molecule has 0 saturated heterocycles. The van der Waals surface area contributed by atoms with Crippen LogP contribution in [-0.4, -0.2) is 36.9 Å². The van der Waals surface area contributed by atoms with Crippen LogP contribution in [0.5, 0.6) is 0 Å². The number of nitrogens with zero attached hydrogens (tertiary/aromatic N) is 1. The van der Waals surface area contributed by atoms with Crippen molar-refractivity contribution in [3.63, 3.8) is 0 Å². The van der Waals surface area contributed by atoms with Crippen LogP contribution in [0.3, 0.4) is 0 Å². The number of aryl methyl sites for hydroxylation is 1. The Balaban J connectivity index is 1.49. The predicted molar refractivity (Wildman–Crippen MR) is 103 cm³/mol. The van der Waals surface area contributed by atoms with Crippen LogP contribution >= 0.6 is 0 Å². The highest BCUT2D eigenvalue weighted by Gasteiger charge is 2.22. The highest BCUT2D eigenvalue weighted by Crippen LogP contribution is 2.29. The molecule has 0 aromatic heterocycles. The van der Waals surface area contributed by atoms with Gasteiger partial charge < -0.3 is 10.6 Å². The molecule has 0 saturated carbocycles. The number of carbonyl (C=O) groups excluding carboxylic acids is 2. The Morgan fingerprint density at radius 3 is 2.70 bits per heavy atom. The van der Waals surface area contributed by atoms with Gasteiger partial charge in [0.15, 0.2) is 0 Å². The lowest BCUT2D eigenvalue weighted by Crippen LogP contribution is -2.40. The molecular weight excluding hydrogens is 345 g/mol. The average molecular weight is 369 g/mol. The SMILES string of the molecule is CN(CC(=O)Nc1cccc(F)c1)CC(=O)NC1CCCc2ccccc21. The summed E-state index contributed by atoms with van der Waals surface area (Å²) >= 11 is 0. The van der Waals surface area contributed by atoms with E-state index in [1.165, 1.54) is 29.3 Å². The highest BCUT2D eigenvalue weighted by molar-refractivity contribution is 5.92. The monoisotopic (exact) mass is 369 g/mol. The van der Waals surface area contributed by atoms with E-state index in [9.17, 15) is 14.0 Å². The molecule has 6 heteroatoms. The molecule has 2 N–H and O–H groups in total. The van der Waals surface area contributed by atoms with Crippen molar-refractivity contribution in [2.75, 3.05) is 25.5 Å². The Labute approximate surface area is 158 Å². The van der Waals surface area contributed by atoms with Crippen LogP contribution in [0.1, 0.15) is 30.0 Å². The van der Waals surface area contributed by atoms with E-state index in [2.05, 4.69) is 22.8 Å². The summed E-state index contributed by atoms with van der Waals surface area (Å²) in [5.74, 6) is -0.815. The first kappa shape index (κ1) is 19.0. The number of benzene rings is 2. The summed E-state index contributed by atoms with van der Waals surface area (Å²) in [5, 5.41) is 5.70. The fourth-order valence-electron chi connectivity index (χ4n) is 3.46. The van der Waals surface area contributed by atoms with Crippen molar-refractivity contribution >= 4 is 17.5 Å². The number of rotatable bonds is 6. The largest absolute Gasteiger partial charge is 0.348 e. The summed E-state index contributed by atoms with van der Waals surface area (Å²) < 4.78 is 13.2. The van der Waals surface area contributed by atoms with E-state index >= 15 is 0 Å². The van der Waals surface area contributed by atoms with Crippen molar-refractivity contribution in [1.29, 1.82) is 0 Å². The van der Waals surface area contributed by atoms with E-state index in [0.717, 1.165) is 19.3 Å². The van der Waals surface area contributed by atoms with Gasteiger partial charge in [-0.25, -0.2) is 4.39 Å². The van der Waals surface area contributed by atoms with E-state index in [-0.39, 0.29) is 30.9 Å². The van der Waals surface area contributed by atoms with Crippen molar-refractivity contribution < 1.29 is 14.0 Å². The van der Waals surface area contributed by atoms with Crippen molar-refractivity contribution in [3.05, 3.63) is 65.5 Å². The number of fused-ring (bicyclic) bond motifs is 1. The van der Waals surface area contributed by atoms with E-state index < -0.39 is 5.82 Å². The minimum atomic E-state index is -0.409. The number of carbonyl (C=O) groups is 2. The van der Waals surface area contributed by atoms with Crippen molar-refractivity contribution in [3.8, 4) is 0 Å². The van der Waals surface area contributed by atoms with Crippen molar-refractivity contribution in [2.24, 2.45) is 0 Å². The molecule has 5 nitrogen and oxygen atoms in total. The summed E-state index contributed by atoms with van der Waals surface area (Å²) in [6.07, 6.45) is 3.02. The summed E-state index contributed by atoms with van der Waals surface area (Å²) in [7, 11) is 1.71. The zero-order valence-corrected chi connectivity index (χ0v) is 15.4. The van der Waals surface area contributed by atoms with Gasteiger partial charge in [-0.15, -0.1) is 0 Å². The number of hydrogen-bond acceptors (Lipinski definition) is 3. The standard InChI is InChI=1S/C21H24FN3O2/c1-25(13-20(26)23-17-9-5-8-16(22)12-17)14-21(27)24-19-11-4-7-15-6-2-3-10-18(15)19/h2-3,5-6,8-10,12,19H,4,7,11,13-14H2,1H3,(H,23,26)(H,24,27). The first-order valence-electron chi connectivity index (χ1n) is 9.12. The van der Waals surface area contributed by atoms with Crippen LogP contribution < -0.4 is 10.6 Å². The maximum Gasteiger partial charge on any atom is 0.238 e. The minimum Gasteiger partial charge on any atom is -0.348 e. The number of amides is 2. The van der Waals surface area contributed by atoms with Gasteiger partial charge >= 0.3 is 0 Å². The lowest BCUT2D eigenvalue weighted by Gasteiger charge is -2.27. The van der Waals surface area contributed by atoms with E-state index in [4.69, 9.17) is 0 Å². The normalized spacial score (nSPS) is 15.9. The van der Waals surface area contributed by atoms with E-state index in [1.54, 1.807) is 18.0 Å². The number of hydrogen-bond donors (Lipinski definition) is 2. The second-order valence-corrected chi connectivity index (χ2v) is 6.94. The molecular formula is C21H24FN3O2. The van der Waals surface area contributed by atoms with Crippen molar-refractivity contribution in [1.82, 2.24) is 10.2 Å². The molecule has 3 rings (SSSR count). The zero-order valence-electron chi connectivity index (χ0n) is 15.4. The minimum absolute atomic E-state index is 0.0250. The summed E-state index contributed by atoms with van der Waals surface area (Å²) in [6.45, 7) is 0.167. The molecule has 0 radical (unpaired) electrons. The lowest BCUT2D eigenvalue weighted by atomic mass is 9.88. The molecule has 1 aliphatic carbocycles. The maximum absolute atomic E-state index is 13.2. The predicted octanol–water partition coefficient (Wildman–Crippen LogP) is 2.89. The van der Waals surface area contributed by atoms with Gasteiger partial charge in [-0.05, 0) is 55.6 Å². The van der Waals surface area contributed by atoms with Gasteiger partial charge in [-0.2, -0.15) is 0 Å². The third-order valence-corrected chi connectivity index (χ3v) is 4.64. The van der Waals surface area contributed by atoms with Gasteiger partial charge in [0.1, 0.15) is 5.82 Å². The second-order valence-electron chi connectivity index (χ2n) is 6.94. The van der Waals surface area contributed by atoms with Gasteiger partial charge in [-0.3, -0.25) is 14.5 Å². The molecule has 0 aliphatic heterocycles. The Bertz CT molecular complexity index is 825. The number of halogens is 1. The van der Waals surface area contributed by atoms with E-state index in [1.807, 2.05) is 12.1 Å². The van der Waals surface area contributed by atoms with Gasteiger partial charge in [0.2, 0.25) is 11.8 Å². The number of nitrogens with one attached hydrogen (secondary N) is 2. The van der Waals surface area contributed by atoms with Crippen LogP contribution in [0, 0.1) is 5.82 Å². The van der Waals surface area contributed by atoms with Crippen LogP contribution in [-0.2, 0) is 16.0 Å². The highest BCUT2D eigenvalue weighted by atomic mass is 19.1. The maximum atomic E-state index is 13.2. The van der Waals surface area contributed by atoms with Crippen LogP contribution in [0.25, 0.3) is 0 Å². The molecule has 2 aromatic rings. The Morgan fingerprint density at radius 2 is 1.89 bits per heavy atom. The van der Waals surface area contributed by atoms with Gasteiger partial charge in [0.05, 0.1) is 19.1 Å². The van der Waals surface area contributed by atoms with Crippen molar-refractivity contribution in [2.45, 2.75) is 25.3 Å². The van der Waals surface area contributed by atoms with Gasteiger partial charge in [0.25, 0.3) is 0 Å². The molecule has 27 heavy (non-hydrogen) atoms. The summed E-state index contributed by atoms with van der Waals surface area (Å²) in [4.78, 5) is 26.1. The fraction of sp³-hybridized carbons (Fsp3) is 0.333. The van der Waals surface area contributed by atoms with E-state index in [0.29, 0.717) is 5.69 Å². The number of likely N-dealkylation sites (N-methyl/N-ethyl adjacent to an activating group) is 1. The number of anilines is 1. The Hall–Kier alpha value is -2.73. The Morgan fingerprint density at radius 1 is 1.11 bits per heavy atom. The van der Waals surface area contributed by atoms with Crippen LogP contribution in [0.4, 0.5) is 10.1 Å². The molecule has 0 fully saturated rings. The topological polar surface area (TPSA) is 61.4 Å². The molecule has 142 valence electrons. The quantitative estimate of drug-likeness (QED) is 0.823. The molecule has 2 amide bonds. The molecule has 2 aromatic carbocycles. The fourth-order valence-corrected chi connectivity index (χ4v) is 3.46. The van der Waals surface area contributed by atoms with Gasteiger partial charge in [0, 0.05) is 5.69 Å².